The first-order valence-electron chi connectivity index (χ1n) is 45.3. The number of rotatable bonds is 26. The molecule has 1 aliphatic rings. The minimum atomic E-state index is -4.62. The van der Waals surface area contributed by atoms with Crippen LogP contribution in [-0.4, -0.2) is 161 Å². The number of ether oxygens (including phenoxy) is 7. The maximum Gasteiger partial charge on any atom is 0.433 e. The predicted octanol–water partition coefficient (Wildman–Crippen LogP) is 19.2. The van der Waals surface area contributed by atoms with Crippen molar-refractivity contribution in [3.8, 4) is 40.6 Å². The molecule has 4 N–H and O–H groups in total. The van der Waals surface area contributed by atoms with Gasteiger partial charge in [-0.05, 0) is 170 Å². The monoisotopic (exact) mass is 2040 g/mol. The highest BCUT2D eigenvalue weighted by molar-refractivity contribution is 7.11. The zero-order chi connectivity index (χ0) is 102. The number of anilines is 1. The van der Waals surface area contributed by atoms with Crippen LogP contribution in [0.15, 0.2) is 201 Å². The molecular weight excluding hydrogens is 1940 g/mol. The number of aliphatic hydroxyl groups is 4. The quantitative estimate of drug-likeness (QED) is 0.0391. The number of aromatic nitrogens is 19. The van der Waals surface area contributed by atoms with Crippen LogP contribution < -0.4 is 38.1 Å². The van der Waals surface area contributed by atoms with Gasteiger partial charge in [0.1, 0.15) is 36.3 Å². The van der Waals surface area contributed by atoms with Crippen LogP contribution in [0.25, 0.3) is 43.6 Å². The molecule has 1 saturated heterocycles. The summed E-state index contributed by atoms with van der Waals surface area (Å²) in [5.41, 5.74) is 4.35. The molecule has 13 heterocycles. The highest BCUT2D eigenvalue weighted by atomic mass is 35.5. The lowest BCUT2D eigenvalue weighted by Crippen LogP contribution is -2.38. The Bertz CT molecular complexity index is 7690. The minimum Gasteiger partial charge on any atom is -0.486 e. The average Bonchev–Trinajstić information content (AvgIpc) is 1.25. The summed E-state index contributed by atoms with van der Waals surface area (Å²) in [6, 6.07) is 46.4. The summed E-state index contributed by atoms with van der Waals surface area (Å²) in [5, 5.41) is 70.0. The molecule has 0 spiro atoms. The zero-order valence-electron chi connectivity index (χ0n) is 81.4. The fourth-order valence-electron chi connectivity index (χ4n) is 17.3. The largest absolute Gasteiger partial charge is 0.486 e. The van der Waals surface area contributed by atoms with E-state index in [1.165, 1.54) is 51.3 Å². The summed E-state index contributed by atoms with van der Waals surface area (Å²) in [4.78, 5) is 47.2. The van der Waals surface area contributed by atoms with Crippen molar-refractivity contribution in [2.24, 2.45) is 35.2 Å². The van der Waals surface area contributed by atoms with E-state index in [9.17, 15) is 33.6 Å². The fraction of sp³-hybridized carbons (Fsp3) is 0.288. The number of alkyl halides is 3. The lowest BCUT2D eigenvalue weighted by atomic mass is 9.82. The van der Waals surface area contributed by atoms with Crippen LogP contribution in [0.1, 0.15) is 151 Å². The third kappa shape index (κ3) is 19.7. The van der Waals surface area contributed by atoms with Gasteiger partial charge in [-0.2, -0.15) is 13.2 Å². The number of benzene rings is 6. The summed E-state index contributed by atoms with van der Waals surface area (Å²) >= 11 is 28.9. The summed E-state index contributed by atoms with van der Waals surface area (Å²) in [7, 11) is 13.4. The third-order valence-corrected chi connectivity index (χ3v) is 27.5. The van der Waals surface area contributed by atoms with Crippen LogP contribution in [-0.2, 0) is 77.0 Å². The first-order chi connectivity index (χ1) is 68.2. The van der Waals surface area contributed by atoms with Crippen molar-refractivity contribution in [3.63, 3.8) is 0 Å². The number of methoxy groups -OCH3 is 3. The molecule has 740 valence electrons. The minimum absolute atomic E-state index is 0.0553. The molecular formula is C104H103Cl4F3N20O11S. The Labute approximate surface area is 845 Å². The second-order valence-corrected chi connectivity index (χ2v) is 37.6. The van der Waals surface area contributed by atoms with E-state index in [2.05, 4.69) is 70.4 Å². The summed E-state index contributed by atoms with van der Waals surface area (Å²) < 4.78 is 88.4. The Morgan fingerprint density at radius 2 is 0.860 bits per heavy atom. The van der Waals surface area contributed by atoms with Gasteiger partial charge in [-0.3, -0.25) is 9.97 Å². The molecule has 3 unspecified atom stereocenters. The SMILES string of the molecule is COc1nc2ccc(C(O)(c3ccc(C(F)(F)F)nc3)c3cncn3C)cc2c(Cl)c1OCc1ccccc1.COc1nc2ccc(C(O)(c3ccc(C)nc3C)c3cnnn3C)cc2c(Cl)c1OC(C)C.COc1nc2ccc(C(O)(c3cnc(C)n3C)c3cnc(C)n3C)cc2c(Cl)c1OCc1ccccc1.Cc1nc(C)c(C(O)(c2ccc3nc(N4CCC4)c(OC(C)C)c(Cl)c3c2)c2cnnn2C)s1. The van der Waals surface area contributed by atoms with Gasteiger partial charge in [0, 0.05) is 98.6 Å². The number of hydrogen-bond donors (Lipinski definition) is 4. The van der Waals surface area contributed by atoms with E-state index < -0.39 is 34.3 Å². The zero-order valence-corrected chi connectivity index (χ0v) is 85.2. The topological polar surface area (TPSA) is 354 Å². The summed E-state index contributed by atoms with van der Waals surface area (Å²) in [6.07, 6.45) is 6.73. The Balaban J connectivity index is 0.000000137. The number of imidazole rings is 3. The summed E-state index contributed by atoms with van der Waals surface area (Å²) in [6.45, 7) is 21.5. The van der Waals surface area contributed by atoms with E-state index in [1.54, 1.807) is 90.2 Å². The predicted molar refractivity (Wildman–Crippen MR) is 541 cm³/mol. The molecule has 12 aromatic heterocycles. The van der Waals surface area contributed by atoms with Gasteiger partial charge in [-0.25, -0.2) is 49.2 Å². The molecule has 0 radical (unpaired) electrons. The molecule has 19 rings (SSSR count). The number of halogens is 7. The van der Waals surface area contributed by atoms with E-state index in [0.29, 0.717) is 151 Å². The number of aryl methyl sites for hydroxylation is 9. The maximum absolute atomic E-state index is 13.2. The van der Waals surface area contributed by atoms with Crippen LogP contribution in [0, 0.1) is 41.5 Å². The number of thiazole rings is 1. The fourth-order valence-corrected chi connectivity index (χ4v) is 19.4. The van der Waals surface area contributed by atoms with Gasteiger partial charge >= 0.3 is 6.18 Å². The Morgan fingerprint density at radius 1 is 0.427 bits per heavy atom. The van der Waals surface area contributed by atoms with Crippen molar-refractivity contribution in [1.82, 2.24) is 93.5 Å². The van der Waals surface area contributed by atoms with Crippen molar-refractivity contribution >= 4 is 107 Å². The number of fused-ring (bicyclic) bond motifs is 4. The Morgan fingerprint density at radius 3 is 1.25 bits per heavy atom. The highest BCUT2D eigenvalue weighted by Gasteiger charge is 2.46. The van der Waals surface area contributed by atoms with Crippen molar-refractivity contribution < 1.29 is 66.8 Å². The van der Waals surface area contributed by atoms with Gasteiger partial charge in [-0.15, -0.1) is 21.5 Å². The normalized spacial score (nSPS) is 13.5. The van der Waals surface area contributed by atoms with Crippen LogP contribution in [0.2, 0.25) is 20.1 Å². The number of pyridine rings is 6. The van der Waals surface area contributed by atoms with Crippen molar-refractivity contribution in [2.45, 2.75) is 130 Å². The lowest BCUT2D eigenvalue weighted by Gasteiger charge is -2.34. The molecule has 0 saturated carbocycles. The van der Waals surface area contributed by atoms with Crippen LogP contribution in [0.5, 0.6) is 40.6 Å². The number of hydrogen-bond acceptors (Lipinski definition) is 27. The second kappa shape index (κ2) is 41.5. The molecule has 0 amide bonds. The molecule has 1 fully saturated rings. The van der Waals surface area contributed by atoms with Gasteiger partial charge in [0.25, 0.3) is 17.6 Å². The molecule has 39 heteroatoms. The molecule has 6 aromatic carbocycles. The highest BCUT2D eigenvalue weighted by Crippen LogP contribution is 2.51. The Kier molecular flexibility index (Phi) is 29.6. The standard InChI is InChI=1S/C28H22ClF3N4O3.C28H28ClN5O3.C24H27ClN6O2S.C24H26ClN5O3/c1-36-16-33-14-23(36)27(37,19-9-11-22(34-13-19)28(30,31)32)18-8-10-21-20(12-18)24(29)25(26(35-21)38-2)39-15-17-6-4-3-5-7-17;1-17-30-14-23(33(17)3)28(35,24-15-31-18(2)34(24)4)20-11-12-22-21(13-20)25(29)26(27(32-22)36-5)37-16-19-9-7-6-8-10-19;1-13(2)33-21-20(25)17-11-16(7-8-18(17)28-23(21)31-9-6-10-31)24(32,19-12-26-29-30(19)5)22-14(3)27-15(4)34-22;1-13(2)33-22-21(25)17-11-16(8-10-19(17)28-23(22)32-6)24(31,20-12-26-29-30(20)5)18-9-7-14(3)27-15(18)4/h3-14,16,37H,15H2,1-2H3;6-15,35H,16H2,1-5H3;7-8,11-13,32H,6,9-10H2,1-5H3;7-13,31H,1-6H3. The molecule has 1 aliphatic heterocycles. The van der Waals surface area contributed by atoms with E-state index in [-0.39, 0.29) is 41.0 Å². The van der Waals surface area contributed by atoms with Crippen molar-refractivity contribution in [2.75, 3.05) is 39.3 Å². The maximum atomic E-state index is 13.2. The van der Waals surface area contributed by atoms with Crippen LogP contribution in [0.3, 0.4) is 0 Å². The van der Waals surface area contributed by atoms with E-state index in [1.807, 2.05) is 208 Å². The van der Waals surface area contributed by atoms with Gasteiger partial charge in [-0.1, -0.05) is 154 Å². The molecule has 0 bridgehead atoms. The molecule has 143 heavy (non-hydrogen) atoms. The van der Waals surface area contributed by atoms with Crippen molar-refractivity contribution in [3.05, 3.63) is 339 Å². The van der Waals surface area contributed by atoms with Gasteiger partial charge in [0.15, 0.2) is 34.0 Å². The van der Waals surface area contributed by atoms with Crippen LogP contribution in [0.4, 0.5) is 19.0 Å². The van der Waals surface area contributed by atoms with Gasteiger partial charge < -0.3 is 72.2 Å². The van der Waals surface area contributed by atoms with Crippen LogP contribution >= 0.6 is 57.7 Å². The Hall–Kier alpha value is -14.0. The lowest BCUT2D eigenvalue weighted by molar-refractivity contribution is -0.141. The third-order valence-electron chi connectivity index (χ3n) is 24.8. The van der Waals surface area contributed by atoms with Crippen molar-refractivity contribution in [1.29, 1.82) is 0 Å². The average molecular weight is 2040 g/mol. The molecule has 3 atom stereocenters. The number of nitrogens with zero attached hydrogens (tertiary/aromatic N) is 20. The first-order valence-corrected chi connectivity index (χ1v) is 47.6. The van der Waals surface area contributed by atoms with E-state index in [0.717, 1.165) is 87.2 Å². The molecule has 18 aromatic rings. The van der Waals surface area contributed by atoms with E-state index in [4.69, 9.17) is 84.5 Å². The second-order valence-electron chi connectivity index (χ2n) is 34.9. The smallest absolute Gasteiger partial charge is 0.433 e. The first kappa shape index (κ1) is 102. The summed E-state index contributed by atoms with van der Waals surface area (Å²) in [5.74, 6) is 4.59. The molecule has 31 nitrogen and oxygen atoms in total. The van der Waals surface area contributed by atoms with Gasteiger partial charge in [0.2, 0.25) is 17.2 Å². The van der Waals surface area contributed by atoms with E-state index >= 15 is 0 Å². The molecule has 0 aliphatic carbocycles. The van der Waals surface area contributed by atoms with Gasteiger partial charge in [0.05, 0.1) is 151 Å².